The van der Waals surface area contributed by atoms with Crippen molar-refractivity contribution >= 4 is 5.69 Å². The zero-order valence-corrected chi connectivity index (χ0v) is 11.3. The van der Waals surface area contributed by atoms with Gasteiger partial charge < -0.3 is 19.5 Å². The maximum atomic E-state index is 10.7. The van der Waals surface area contributed by atoms with Crippen LogP contribution in [0.15, 0.2) is 18.2 Å². The number of likely N-dealkylation sites (tertiary alicyclic amines) is 1. The van der Waals surface area contributed by atoms with Crippen molar-refractivity contribution in [3.8, 4) is 11.5 Å². The molecule has 1 atom stereocenters. The molecule has 110 valence electrons. The first-order chi connectivity index (χ1) is 9.60. The average Bonchev–Trinajstić information content (AvgIpc) is 2.40. The molecule has 0 spiro atoms. The van der Waals surface area contributed by atoms with Gasteiger partial charge in [-0.1, -0.05) is 0 Å². The maximum absolute atomic E-state index is 10.7. The molecule has 1 aromatic carbocycles. The normalized spacial score (nSPS) is 16.3. The molecule has 2 rings (SSSR count). The minimum Gasteiger partial charge on any atom is -0.493 e. The van der Waals surface area contributed by atoms with Crippen LogP contribution in [-0.4, -0.2) is 54.4 Å². The van der Waals surface area contributed by atoms with Crippen LogP contribution >= 0.6 is 0 Å². The number of benzene rings is 1. The van der Waals surface area contributed by atoms with Gasteiger partial charge in [0.1, 0.15) is 12.7 Å². The van der Waals surface area contributed by atoms with Crippen LogP contribution in [0.4, 0.5) is 5.69 Å². The third-order valence-electron chi connectivity index (χ3n) is 3.21. The van der Waals surface area contributed by atoms with Crippen molar-refractivity contribution in [1.82, 2.24) is 4.90 Å². The van der Waals surface area contributed by atoms with Crippen LogP contribution in [0.2, 0.25) is 0 Å². The zero-order valence-electron chi connectivity index (χ0n) is 11.3. The van der Waals surface area contributed by atoms with E-state index in [2.05, 4.69) is 4.90 Å². The van der Waals surface area contributed by atoms with Crippen LogP contribution in [0.25, 0.3) is 0 Å². The van der Waals surface area contributed by atoms with E-state index in [0.717, 1.165) is 19.5 Å². The van der Waals surface area contributed by atoms with Crippen LogP contribution in [0, 0.1) is 10.1 Å². The van der Waals surface area contributed by atoms with E-state index in [0.29, 0.717) is 12.3 Å². The SMILES string of the molecule is COc1ccc([N+](=O)[O-])cc1OC[C@H](O)CN1CCC1. The second-order valence-corrected chi connectivity index (χ2v) is 4.71. The van der Waals surface area contributed by atoms with E-state index in [1.54, 1.807) is 0 Å². The van der Waals surface area contributed by atoms with Crippen molar-refractivity contribution in [3.05, 3.63) is 28.3 Å². The van der Waals surface area contributed by atoms with Gasteiger partial charge in [-0.05, 0) is 25.6 Å². The van der Waals surface area contributed by atoms with Crippen molar-refractivity contribution in [2.45, 2.75) is 12.5 Å². The van der Waals surface area contributed by atoms with Crippen molar-refractivity contribution in [2.75, 3.05) is 33.4 Å². The van der Waals surface area contributed by atoms with Gasteiger partial charge >= 0.3 is 0 Å². The molecule has 0 amide bonds. The molecule has 7 heteroatoms. The number of hydrogen-bond acceptors (Lipinski definition) is 6. The predicted octanol–water partition coefficient (Wildman–Crippen LogP) is 1.05. The monoisotopic (exact) mass is 282 g/mol. The summed E-state index contributed by atoms with van der Waals surface area (Å²) < 4.78 is 10.5. The quantitative estimate of drug-likeness (QED) is 0.594. The van der Waals surface area contributed by atoms with Crippen LogP contribution in [0.3, 0.4) is 0 Å². The number of nitro benzene ring substituents is 1. The Hall–Kier alpha value is -1.86. The fourth-order valence-electron chi connectivity index (χ4n) is 1.99. The number of methoxy groups -OCH3 is 1. The van der Waals surface area contributed by atoms with Gasteiger partial charge in [0.25, 0.3) is 5.69 Å². The summed E-state index contributed by atoms with van der Waals surface area (Å²) in [6.07, 6.45) is 0.533. The summed E-state index contributed by atoms with van der Waals surface area (Å²) in [6, 6.07) is 4.13. The smallest absolute Gasteiger partial charge is 0.273 e. The third-order valence-corrected chi connectivity index (χ3v) is 3.21. The Morgan fingerprint density at radius 1 is 1.45 bits per heavy atom. The molecule has 1 N–H and O–H groups in total. The Morgan fingerprint density at radius 3 is 2.75 bits per heavy atom. The number of non-ortho nitro benzene ring substituents is 1. The van der Waals surface area contributed by atoms with Crippen LogP contribution < -0.4 is 9.47 Å². The minimum atomic E-state index is -0.626. The molecule has 0 bridgehead atoms. The molecule has 0 unspecified atom stereocenters. The lowest BCUT2D eigenvalue weighted by Gasteiger charge is -2.32. The Balaban J connectivity index is 1.95. The second-order valence-electron chi connectivity index (χ2n) is 4.71. The lowest BCUT2D eigenvalue weighted by atomic mass is 10.2. The molecule has 0 saturated carbocycles. The number of aliphatic hydroxyl groups excluding tert-OH is 1. The maximum Gasteiger partial charge on any atom is 0.273 e. The summed E-state index contributed by atoms with van der Waals surface area (Å²) in [5, 5.41) is 20.6. The van der Waals surface area contributed by atoms with Gasteiger partial charge in [0.15, 0.2) is 11.5 Å². The van der Waals surface area contributed by atoms with Gasteiger partial charge in [0, 0.05) is 12.6 Å². The fourth-order valence-corrected chi connectivity index (χ4v) is 1.99. The number of β-amino-alcohol motifs (C(OH)–C–C–N with tert-alkyl or cyclic N) is 1. The first-order valence-corrected chi connectivity index (χ1v) is 6.46. The lowest BCUT2D eigenvalue weighted by molar-refractivity contribution is -0.385. The summed E-state index contributed by atoms with van der Waals surface area (Å²) >= 11 is 0. The number of hydrogen-bond donors (Lipinski definition) is 1. The summed E-state index contributed by atoms with van der Waals surface area (Å²) in [7, 11) is 1.46. The molecule has 1 heterocycles. The first-order valence-electron chi connectivity index (χ1n) is 6.46. The summed E-state index contributed by atoms with van der Waals surface area (Å²) in [5.74, 6) is 0.677. The molecule has 20 heavy (non-hydrogen) atoms. The second kappa shape index (κ2) is 6.53. The number of rotatable bonds is 7. The number of ether oxygens (including phenoxy) is 2. The highest BCUT2D eigenvalue weighted by Crippen LogP contribution is 2.31. The molecule has 1 aromatic rings. The predicted molar refractivity (Wildman–Crippen MR) is 72.2 cm³/mol. The highest BCUT2D eigenvalue weighted by molar-refractivity contribution is 5.48. The lowest BCUT2D eigenvalue weighted by Crippen LogP contribution is -2.43. The molecule has 0 radical (unpaired) electrons. The van der Waals surface area contributed by atoms with Crippen LogP contribution in [-0.2, 0) is 0 Å². The molecule has 0 aliphatic carbocycles. The largest absolute Gasteiger partial charge is 0.493 e. The Bertz CT molecular complexity index is 476. The Labute approximate surface area is 116 Å². The van der Waals surface area contributed by atoms with Gasteiger partial charge in [0.05, 0.1) is 18.1 Å². The van der Waals surface area contributed by atoms with Crippen LogP contribution in [0.5, 0.6) is 11.5 Å². The van der Waals surface area contributed by atoms with Gasteiger partial charge in [-0.3, -0.25) is 10.1 Å². The Morgan fingerprint density at radius 2 is 2.20 bits per heavy atom. The molecule has 1 saturated heterocycles. The van der Waals surface area contributed by atoms with Crippen LogP contribution in [0.1, 0.15) is 6.42 Å². The third kappa shape index (κ3) is 3.58. The van der Waals surface area contributed by atoms with E-state index in [9.17, 15) is 15.2 Å². The van der Waals surface area contributed by atoms with Crippen molar-refractivity contribution < 1.29 is 19.5 Å². The van der Waals surface area contributed by atoms with Crippen molar-refractivity contribution in [3.63, 3.8) is 0 Å². The first kappa shape index (κ1) is 14.5. The summed E-state index contributed by atoms with van der Waals surface area (Å²) in [4.78, 5) is 12.4. The van der Waals surface area contributed by atoms with Gasteiger partial charge in [-0.15, -0.1) is 0 Å². The number of nitro groups is 1. The zero-order chi connectivity index (χ0) is 14.5. The minimum absolute atomic E-state index is 0.0713. The van der Waals surface area contributed by atoms with E-state index in [1.807, 2.05) is 0 Å². The highest BCUT2D eigenvalue weighted by atomic mass is 16.6. The molecule has 1 fully saturated rings. The summed E-state index contributed by atoms with van der Waals surface area (Å²) in [6.45, 7) is 2.62. The standard InChI is InChI=1S/C13H18N2O5/c1-19-12-4-3-10(15(17)18)7-13(12)20-9-11(16)8-14-5-2-6-14/h3-4,7,11,16H,2,5-6,8-9H2,1H3/t11-/m1/s1. The number of aliphatic hydroxyl groups is 1. The van der Waals surface area contributed by atoms with E-state index in [1.165, 1.54) is 25.3 Å². The fraction of sp³-hybridized carbons (Fsp3) is 0.538. The van der Waals surface area contributed by atoms with E-state index in [-0.39, 0.29) is 18.0 Å². The van der Waals surface area contributed by atoms with E-state index in [4.69, 9.17) is 9.47 Å². The molecule has 0 aromatic heterocycles. The highest BCUT2D eigenvalue weighted by Gasteiger charge is 2.19. The van der Waals surface area contributed by atoms with E-state index >= 15 is 0 Å². The molecule has 1 aliphatic heterocycles. The molecule has 1 aliphatic rings. The molecular weight excluding hydrogens is 264 g/mol. The van der Waals surface area contributed by atoms with Gasteiger partial charge in [-0.25, -0.2) is 0 Å². The van der Waals surface area contributed by atoms with Crippen molar-refractivity contribution in [1.29, 1.82) is 0 Å². The summed E-state index contributed by atoms with van der Waals surface area (Å²) in [5.41, 5.74) is -0.0713. The topological polar surface area (TPSA) is 85.1 Å². The average molecular weight is 282 g/mol. The van der Waals surface area contributed by atoms with Gasteiger partial charge in [0.2, 0.25) is 0 Å². The van der Waals surface area contributed by atoms with Crippen molar-refractivity contribution in [2.24, 2.45) is 0 Å². The molecule has 7 nitrogen and oxygen atoms in total. The molecular formula is C13H18N2O5. The number of nitrogens with zero attached hydrogens (tertiary/aromatic N) is 2. The Kier molecular flexibility index (Phi) is 4.75. The van der Waals surface area contributed by atoms with E-state index < -0.39 is 11.0 Å². The van der Waals surface area contributed by atoms with Gasteiger partial charge in [-0.2, -0.15) is 0 Å².